The minimum Gasteiger partial charge on any atom is -0.481 e. The summed E-state index contributed by atoms with van der Waals surface area (Å²) in [6.07, 6.45) is 2.23. The Kier molecular flexibility index (Phi) is 5.07. The highest BCUT2D eigenvalue weighted by atomic mass is 35.5. The molecule has 1 fully saturated rings. The second-order valence-corrected chi connectivity index (χ2v) is 7.51. The van der Waals surface area contributed by atoms with Crippen LogP contribution >= 0.6 is 22.9 Å². The van der Waals surface area contributed by atoms with Crippen molar-refractivity contribution in [3.8, 4) is 0 Å². The third-order valence-electron chi connectivity index (χ3n) is 3.88. The van der Waals surface area contributed by atoms with Crippen molar-refractivity contribution in [1.29, 1.82) is 0 Å². The topological polar surface area (TPSA) is 60.8 Å². The van der Waals surface area contributed by atoms with E-state index >= 15 is 0 Å². The highest BCUT2D eigenvalue weighted by molar-refractivity contribution is 7.16. The number of carboxylic acid groups (broad SMARTS) is 1. The monoisotopic (exact) mass is 317 g/mol. The first kappa shape index (κ1) is 15.8. The molecule has 2 rings (SSSR count). The number of nitrogens with zero attached hydrogens (tertiary/aromatic N) is 1. The minimum atomic E-state index is -0.762. The predicted molar refractivity (Wildman–Crippen MR) is 80.2 cm³/mol. The zero-order valence-electron chi connectivity index (χ0n) is 11.5. The lowest BCUT2D eigenvalue weighted by Gasteiger charge is -2.37. The summed E-state index contributed by atoms with van der Waals surface area (Å²) in [5.74, 6) is -1.04. The van der Waals surface area contributed by atoms with Gasteiger partial charge < -0.3 is 10.2 Å². The van der Waals surface area contributed by atoms with Crippen LogP contribution in [0.4, 0.5) is 0 Å². The molecule has 0 radical (unpaired) electrons. The zero-order chi connectivity index (χ0) is 14.8. The van der Waals surface area contributed by atoms with Crippen molar-refractivity contribution in [2.24, 2.45) is 5.92 Å². The van der Waals surface area contributed by atoms with E-state index in [0.717, 1.165) is 10.9 Å². The Hall–Kier alpha value is -0.620. The molecule has 0 aliphatic heterocycles. The van der Waals surface area contributed by atoms with Gasteiger partial charge in [0.2, 0.25) is 0 Å². The Bertz CT molecular complexity index is 469. The van der Waals surface area contributed by atoms with E-state index in [1.54, 1.807) is 11.3 Å². The third-order valence-corrected chi connectivity index (χ3v) is 5.10. The molecule has 1 aromatic rings. The van der Waals surface area contributed by atoms with E-state index in [9.17, 15) is 9.90 Å². The van der Waals surface area contributed by atoms with Crippen molar-refractivity contribution in [3.63, 3.8) is 0 Å². The normalized spacial score (nSPS) is 26.9. The lowest BCUT2D eigenvalue weighted by atomic mass is 9.78. The molecule has 0 aromatic carbocycles. The quantitative estimate of drug-likeness (QED) is 0.876. The first-order chi connectivity index (χ1) is 9.38. The molecule has 112 valence electrons. The van der Waals surface area contributed by atoms with Gasteiger partial charge in [-0.2, -0.15) is 0 Å². The van der Waals surface area contributed by atoms with Crippen LogP contribution in [-0.2, 0) is 11.3 Å². The Balaban J connectivity index is 1.84. The summed E-state index contributed by atoms with van der Waals surface area (Å²) in [6.45, 7) is 1.32. The van der Waals surface area contributed by atoms with E-state index in [1.807, 2.05) is 19.2 Å². The Morgan fingerprint density at radius 3 is 2.65 bits per heavy atom. The molecule has 0 amide bonds. The average molecular weight is 318 g/mol. The van der Waals surface area contributed by atoms with E-state index in [0.29, 0.717) is 32.2 Å². The van der Waals surface area contributed by atoms with Crippen LogP contribution in [0.2, 0.25) is 4.34 Å². The van der Waals surface area contributed by atoms with E-state index in [4.69, 9.17) is 16.7 Å². The van der Waals surface area contributed by atoms with Gasteiger partial charge in [-0.15, -0.1) is 11.3 Å². The smallest absolute Gasteiger partial charge is 0.306 e. The number of carbonyl (C=O) groups is 1. The fourth-order valence-corrected chi connectivity index (χ4v) is 3.99. The first-order valence-electron chi connectivity index (χ1n) is 6.76. The molecule has 1 aliphatic rings. The van der Waals surface area contributed by atoms with Crippen molar-refractivity contribution in [2.75, 3.05) is 13.6 Å². The number of hydrogen-bond acceptors (Lipinski definition) is 4. The van der Waals surface area contributed by atoms with Gasteiger partial charge in [0.15, 0.2) is 0 Å². The SMILES string of the molecule is CN(Cc1ccc(Cl)s1)CC1(O)CCC(C(=O)O)CC1. The lowest BCUT2D eigenvalue weighted by Crippen LogP contribution is -2.44. The highest BCUT2D eigenvalue weighted by Gasteiger charge is 2.36. The van der Waals surface area contributed by atoms with E-state index in [2.05, 4.69) is 4.90 Å². The molecular weight excluding hydrogens is 298 g/mol. The summed E-state index contributed by atoms with van der Waals surface area (Å²) < 4.78 is 0.772. The van der Waals surface area contributed by atoms with Gasteiger partial charge >= 0.3 is 5.97 Å². The number of aliphatic carboxylic acids is 1. The van der Waals surface area contributed by atoms with Crippen LogP contribution in [0.3, 0.4) is 0 Å². The molecular formula is C14H20ClNO3S. The molecule has 0 atom stereocenters. The molecule has 4 nitrogen and oxygen atoms in total. The molecule has 0 unspecified atom stereocenters. The Labute approximate surface area is 128 Å². The summed E-state index contributed by atoms with van der Waals surface area (Å²) in [4.78, 5) is 14.2. The van der Waals surface area contributed by atoms with Gasteiger partial charge in [-0.3, -0.25) is 9.69 Å². The van der Waals surface area contributed by atoms with Crippen LogP contribution in [0.15, 0.2) is 12.1 Å². The van der Waals surface area contributed by atoms with Gasteiger partial charge in [0.05, 0.1) is 15.9 Å². The standard InChI is InChI=1S/C14H20ClNO3S/c1-16(8-11-2-3-12(15)20-11)9-14(19)6-4-10(5-7-14)13(17)18/h2-3,10,19H,4-9H2,1H3,(H,17,18). The summed E-state index contributed by atoms with van der Waals surface area (Å²) in [5.41, 5.74) is -0.762. The van der Waals surface area contributed by atoms with Gasteiger partial charge in [0, 0.05) is 18.0 Å². The molecule has 1 aliphatic carbocycles. The molecule has 0 bridgehead atoms. The Morgan fingerprint density at radius 2 is 2.15 bits per heavy atom. The molecule has 1 aromatic heterocycles. The largest absolute Gasteiger partial charge is 0.481 e. The fourth-order valence-electron chi connectivity index (χ4n) is 2.82. The molecule has 2 N–H and O–H groups in total. The van der Waals surface area contributed by atoms with E-state index in [-0.39, 0.29) is 5.92 Å². The van der Waals surface area contributed by atoms with Gasteiger partial charge in [-0.25, -0.2) is 0 Å². The Morgan fingerprint density at radius 1 is 1.50 bits per heavy atom. The first-order valence-corrected chi connectivity index (χ1v) is 7.95. The maximum absolute atomic E-state index is 10.9. The van der Waals surface area contributed by atoms with E-state index in [1.165, 1.54) is 4.88 Å². The predicted octanol–water partition coefficient (Wildman–Crippen LogP) is 2.84. The van der Waals surface area contributed by atoms with Crippen molar-refractivity contribution < 1.29 is 15.0 Å². The number of carboxylic acids is 1. The van der Waals surface area contributed by atoms with Crippen molar-refractivity contribution in [1.82, 2.24) is 4.90 Å². The van der Waals surface area contributed by atoms with Crippen LogP contribution in [0.1, 0.15) is 30.6 Å². The highest BCUT2D eigenvalue weighted by Crippen LogP contribution is 2.33. The van der Waals surface area contributed by atoms with Gasteiger partial charge in [-0.05, 0) is 44.9 Å². The number of aliphatic hydroxyl groups is 1. The van der Waals surface area contributed by atoms with Crippen LogP contribution < -0.4 is 0 Å². The van der Waals surface area contributed by atoms with Crippen LogP contribution in [-0.4, -0.2) is 40.3 Å². The second kappa shape index (κ2) is 6.43. The van der Waals surface area contributed by atoms with Crippen LogP contribution in [0, 0.1) is 5.92 Å². The number of likely N-dealkylation sites (N-methyl/N-ethyl adjacent to an activating group) is 1. The number of rotatable bonds is 5. The second-order valence-electron chi connectivity index (χ2n) is 5.71. The molecule has 1 heterocycles. The van der Waals surface area contributed by atoms with Gasteiger partial charge in [-0.1, -0.05) is 11.6 Å². The maximum atomic E-state index is 10.9. The van der Waals surface area contributed by atoms with Crippen LogP contribution in [0.25, 0.3) is 0 Å². The summed E-state index contributed by atoms with van der Waals surface area (Å²) in [7, 11) is 1.97. The molecule has 0 spiro atoms. The lowest BCUT2D eigenvalue weighted by molar-refractivity contribution is -0.145. The van der Waals surface area contributed by atoms with Crippen molar-refractivity contribution in [2.45, 2.75) is 37.8 Å². The number of halogens is 1. The number of hydrogen-bond donors (Lipinski definition) is 2. The molecule has 1 saturated carbocycles. The van der Waals surface area contributed by atoms with Crippen molar-refractivity contribution in [3.05, 3.63) is 21.3 Å². The van der Waals surface area contributed by atoms with E-state index < -0.39 is 11.6 Å². The number of thiophene rings is 1. The van der Waals surface area contributed by atoms with Crippen LogP contribution in [0.5, 0.6) is 0 Å². The molecule has 6 heteroatoms. The van der Waals surface area contributed by atoms with Crippen molar-refractivity contribution >= 4 is 28.9 Å². The summed E-state index contributed by atoms with van der Waals surface area (Å²) in [5, 5.41) is 19.6. The third kappa shape index (κ3) is 4.19. The van der Waals surface area contributed by atoms with Gasteiger partial charge in [0.25, 0.3) is 0 Å². The fraction of sp³-hybridized carbons (Fsp3) is 0.643. The average Bonchev–Trinajstić information content (AvgIpc) is 2.74. The molecule has 20 heavy (non-hydrogen) atoms. The minimum absolute atomic E-state index is 0.295. The summed E-state index contributed by atoms with van der Waals surface area (Å²) >= 11 is 7.45. The molecule has 0 saturated heterocycles. The summed E-state index contributed by atoms with van der Waals surface area (Å²) in [6, 6.07) is 3.87. The zero-order valence-corrected chi connectivity index (χ0v) is 13.1. The maximum Gasteiger partial charge on any atom is 0.306 e. The van der Waals surface area contributed by atoms with Gasteiger partial charge in [0.1, 0.15) is 0 Å².